The maximum Gasteiger partial charge on any atom is 0.253 e. The number of aromatic amines is 5. The normalized spacial score (nSPS) is 15.2. The molecule has 5 atom stereocenters. The van der Waals surface area contributed by atoms with Gasteiger partial charge in [0.25, 0.3) is 29.5 Å². The number of nitrogens with one attached hydrogen (secondary N) is 5. The van der Waals surface area contributed by atoms with Gasteiger partial charge in [-0.1, -0.05) is 108 Å². The lowest BCUT2D eigenvalue weighted by molar-refractivity contribution is -0.124. The van der Waals surface area contributed by atoms with E-state index < -0.39 is 5.92 Å². The fraction of sp³-hybridized carbons (Fsp3) is 0.286. The van der Waals surface area contributed by atoms with E-state index in [1.807, 2.05) is 128 Å². The fourth-order valence-electron chi connectivity index (χ4n) is 18.1. The Balaban J connectivity index is 0.000000133. The van der Waals surface area contributed by atoms with E-state index in [4.69, 9.17) is 40.0 Å². The van der Waals surface area contributed by atoms with Crippen molar-refractivity contribution in [3.8, 4) is 90.8 Å². The summed E-state index contributed by atoms with van der Waals surface area (Å²) in [5.41, 5.74) is 18.6. The van der Waals surface area contributed by atoms with Gasteiger partial charge < -0.3 is 52.9 Å². The number of amides is 5. The maximum absolute atomic E-state index is 13.5. The van der Waals surface area contributed by atoms with Gasteiger partial charge >= 0.3 is 0 Å². The second kappa shape index (κ2) is 47.9. The number of nitrogens with zero attached hydrogens (tertiary/aromatic N) is 15. The summed E-state index contributed by atoms with van der Waals surface area (Å²) in [6.07, 6.45) is 11.6. The minimum atomic E-state index is -0.392. The lowest BCUT2D eigenvalue weighted by Crippen LogP contribution is -2.30. The molecule has 0 aliphatic carbocycles. The number of hydrogen-bond acceptors (Lipinski definition) is 26. The zero-order valence-corrected chi connectivity index (χ0v) is 85.5. The minimum Gasteiger partial charge on any atom is -0.497 e. The average Bonchev–Trinajstić information content (AvgIpc) is 1.26. The summed E-state index contributed by atoms with van der Waals surface area (Å²) in [7, 11) is 18.5. The van der Waals surface area contributed by atoms with Crippen molar-refractivity contribution in [3.05, 3.63) is 319 Å². The Kier molecular flexibility index (Phi) is 33.6. The molecule has 5 aliphatic rings. The third-order valence-electron chi connectivity index (χ3n) is 26.4. The summed E-state index contributed by atoms with van der Waals surface area (Å²) in [4.78, 5) is 137. The molecule has 0 spiro atoms. The molecule has 10 heterocycles. The van der Waals surface area contributed by atoms with E-state index in [-0.39, 0.29) is 127 Å². The predicted octanol–water partition coefficient (Wildman–Crippen LogP) is 13.8. The van der Waals surface area contributed by atoms with Gasteiger partial charge in [-0.2, -0.15) is 77.1 Å². The number of aryl methyl sites for hydroxylation is 1. The van der Waals surface area contributed by atoms with Gasteiger partial charge in [-0.25, -0.2) is 4.39 Å². The Labute approximate surface area is 868 Å². The number of para-hydroxylation sites is 1. The van der Waals surface area contributed by atoms with Crippen LogP contribution < -0.4 is 28.4 Å². The van der Waals surface area contributed by atoms with E-state index in [1.165, 1.54) is 36.6 Å². The molecule has 15 aromatic rings. The highest BCUT2D eigenvalue weighted by atomic mass is 35.5. The summed E-state index contributed by atoms with van der Waals surface area (Å²) in [6.45, 7) is 3.65. The summed E-state index contributed by atoms with van der Waals surface area (Å²) in [5, 5.41) is 52.9. The predicted molar refractivity (Wildman–Crippen MR) is 555 cm³/mol. The first kappa shape index (κ1) is 105. The van der Waals surface area contributed by atoms with Crippen molar-refractivity contribution < 1.29 is 80.8 Å². The number of Topliss-reactive ketones (excluding diaryl/α,β-unsaturated/α-hetero) is 5. The van der Waals surface area contributed by atoms with Crippen LogP contribution in [-0.4, -0.2) is 271 Å². The Morgan fingerprint density at radius 2 is 0.573 bits per heavy atom. The number of H-pyrrole nitrogens is 5. The number of carbonyl (C=O) groups is 10. The number of carbonyl (C=O) groups excluding carboxylic acids is 10. The molecule has 150 heavy (non-hydrogen) atoms. The number of aromatic nitrogens is 15. The van der Waals surface area contributed by atoms with Crippen LogP contribution in [-0.2, 0) is 88.2 Å². The van der Waals surface area contributed by atoms with Crippen LogP contribution in [0.3, 0.4) is 0 Å². The third kappa shape index (κ3) is 25.6. The van der Waals surface area contributed by atoms with Crippen LogP contribution in [0.2, 0.25) is 5.02 Å². The molecule has 10 aromatic carbocycles. The molecule has 0 saturated carbocycles. The Morgan fingerprint density at radius 3 is 0.867 bits per heavy atom. The zero-order chi connectivity index (χ0) is 106. The molecule has 5 amide bonds. The van der Waals surface area contributed by atoms with Crippen LogP contribution in [0.4, 0.5) is 4.39 Å². The number of ketones is 5. The lowest BCUT2D eigenvalue weighted by atomic mass is 9.88. The van der Waals surface area contributed by atoms with Gasteiger partial charge in [0.2, 0.25) is 0 Å². The van der Waals surface area contributed by atoms with Crippen LogP contribution in [0.15, 0.2) is 219 Å². The summed E-state index contributed by atoms with van der Waals surface area (Å²) in [5.74, 6) is 2.17. The number of methoxy groups -OCH3 is 1. The van der Waals surface area contributed by atoms with Crippen molar-refractivity contribution in [1.29, 1.82) is 0 Å². The first-order chi connectivity index (χ1) is 72.2. The highest BCUT2D eigenvalue weighted by Gasteiger charge is 2.36. The van der Waals surface area contributed by atoms with Crippen molar-refractivity contribution in [1.82, 2.24) is 102 Å². The van der Waals surface area contributed by atoms with Gasteiger partial charge in [0.1, 0.15) is 97.7 Å². The topological polar surface area (TPSA) is 450 Å². The van der Waals surface area contributed by atoms with Gasteiger partial charge in [0.05, 0.1) is 101 Å². The second-order valence-corrected chi connectivity index (χ2v) is 38.5. The van der Waals surface area contributed by atoms with Crippen LogP contribution >= 0.6 is 11.6 Å². The number of hydrogen-bond donors (Lipinski definition) is 5. The zero-order valence-electron chi connectivity index (χ0n) is 84.8. The molecule has 0 radical (unpaired) electrons. The van der Waals surface area contributed by atoms with E-state index in [2.05, 4.69) is 83.1 Å². The van der Waals surface area contributed by atoms with E-state index in [0.29, 0.717) is 159 Å². The molecule has 5 N–H and O–H groups in total. The van der Waals surface area contributed by atoms with E-state index in [0.717, 1.165) is 84.4 Å². The molecule has 0 fully saturated rings. The first-order valence-electron chi connectivity index (χ1n) is 48.5. The monoisotopic (exact) mass is 2050 g/mol. The second-order valence-electron chi connectivity index (χ2n) is 38.1. The third-order valence-corrected chi connectivity index (χ3v) is 26.7. The standard InChI is InChI=1S/C23H24N4O4.C23H24N4O3.C22H21ClN4O3.C22H21FN4O3.C22H22N4O3/c1-27(2)23(29)19-10-15(20-12-24-26-25-20)5-4-14(19)11-21(28)17-8-16-9-18(30-3)6-7-22(16)31-13-17;1-14-4-7-22-17(8-14)9-18(13-30-22)21(28)11-15-5-6-16(20-12-24-26-25-20)10-19(15)23(29)27(2)3;2*1-27(2)22(29)18-9-14(19-11-24-26-25-19)4-3-13(18)10-20(28)16-7-15-8-17(23)5-6-21(15)30-12-16;1-26(2)22(28)18-10-15(19-12-23-25-24-19)8-7-14(18)11-20(27)17-9-16-5-3-4-6-21(16)29-13-17/h4-7,9-10,12,17H,8,11,13H2,1-3H3,(H,24,25,26);4-8,10,12,18H,9,11,13H2,1-3H3,(H,24,25,26);2*3-6,8-9,11,16H,7,10,12H2,1-2H3,(H,24,25,26);3-8,10,12,17H,9,11,13H2,1-2H3,(H,23,24,25). The van der Waals surface area contributed by atoms with E-state index in [1.54, 1.807) is 157 Å². The van der Waals surface area contributed by atoms with Crippen molar-refractivity contribution in [2.45, 2.75) is 71.1 Å². The molecule has 20 rings (SSSR count). The lowest BCUT2D eigenvalue weighted by Gasteiger charge is -2.25. The highest BCUT2D eigenvalue weighted by Crippen LogP contribution is 2.39. The molecule has 38 heteroatoms. The molecule has 0 bridgehead atoms. The number of benzene rings is 10. The van der Waals surface area contributed by atoms with Gasteiger partial charge in [-0.3, -0.25) is 47.9 Å². The smallest absolute Gasteiger partial charge is 0.253 e. The van der Waals surface area contributed by atoms with Gasteiger partial charge in [-0.15, -0.1) is 0 Å². The molecule has 5 aliphatic heterocycles. The van der Waals surface area contributed by atoms with Crippen molar-refractivity contribution in [2.75, 3.05) is 111 Å². The number of fused-ring (bicyclic) bond motifs is 5. The summed E-state index contributed by atoms with van der Waals surface area (Å²) >= 11 is 6.08. The van der Waals surface area contributed by atoms with Crippen LogP contribution in [0.25, 0.3) is 56.3 Å². The van der Waals surface area contributed by atoms with E-state index in [9.17, 15) is 52.3 Å². The molecule has 0 saturated heterocycles. The Hall–Kier alpha value is -17.4. The van der Waals surface area contributed by atoms with Crippen molar-refractivity contribution in [3.63, 3.8) is 0 Å². The Bertz CT molecular complexity index is 7050. The van der Waals surface area contributed by atoms with Gasteiger partial charge in [-0.05, 0) is 192 Å². The van der Waals surface area contributed by atoms with E-state index >= 15 is 0 Å². The number of ether oxygens (including phenoxy) is 6. The summed E-state index contributed by atoms with van der Waals surface area (Å²) < 4.78 is 47.6. The fourth-order valence-corrected chi connectivity index (χ4v) is 18.3. The van der Waals surface area contributed by atoms with Crippen molar-refractivity contribution >= 4 is 70.1 Å². The van der Waals surface area contributed by atoms with Crippen molar-refractivity contribution in [2.24, 2.45) is 29.6 Å². The van der Waals surface area contributed by atoms with Gasteiger partial charge in [0, 0.05) is 163 Å². The molecule has 5 unspecified atom stereocenters. The summed E-state index contributed by atoms with van der Waals surface area (Å²) in [6, 6.07) is 56.3. The largest absolute Gasteiger partial charge is 0.497 e. The number of halogens is 2. The molecular weight excluding hydrogens is 1940 g/mol. The molecular formula is C112H112ClFN20O16. The molecule has 770 valence electrons. The van der Waals surface area contributed by atoms with Crippen LogP contribution in [0.5, 0.6) is 34.5 Å². The molecule has 36 nitrogen and oxygen atoms in total. The Morgan fingerprint density at radius 1 is 0.313 bits per heavy atom. The van der Waals surface area contributed by atoms with Gasteiger partial charge in [0.15, 0.2) is 0 Å². The maximum atomic E-state index is 13.5. The van der Waals surface area contributed by atoms with Crippen LogP contribution in [0, 0.1) is 42.3 Å². The minimum absolute atomic E-state index is 0.0302. The SMILES string of the molecule is CN(C)C(=O)c1cc(-c2cn[nH]n2)ccc1CC(=O)C1COc2ccc(Cl)cc2C1.CN(C)C(=O)c1cc(-c2cn[nH]n2)ccc1CC(=O)C1COc2ccc(F)cc2C1.CN(C)C(=O)c1cc(-c2cn[nH]n2)ccc1CC(=O)C1COc2ccccc2C1.COc1ccc2c(c1)CC(C(=O)Cc1ccc(-c3cn[nH]n3)cc1C(=O)N(C)C)CO2.Cc1ccc2c(c1)CC(C(=O)Cc1ccc(-c3cn[nH]n3)cc1C(=O)N(C)C)CO2. The quantitative estimate of drug-likeness (QED) is 0.0336. The number of rotatable bonds is 26. The molecule has 5 aromatic heterocycles. The van der Waals surface area contributed by atoms with Crippen LogP contribution in [0.1, 0.15) is 113 Å². The highest BCUT2D eigenvalue weighted by molar-refractivity contribution is 6.30. The average molecular weight is 2050 g/mol. The first-order valence-corrected chi connectivity index (χ1v) is 48.9.